The van der Waals surface area contributed by atoms with Gasteiger partial charge in [-0.2, -0.15) is 0 Å². The Kier molecular flexibility index (Phi) is 4.62. The number of nitrogens with one attached hydrogen (secondary N) is 1. The van der Waals surface area contributed by atoms with Crippen LogP contribution in [0.4, 0.5) is 5.95 Å². The van der Waals surface area contributed by atoms with Crippen molar-refractivity contribution in [3.63, 3.8) is 0 Å². The maximum atomic E-state index is 13.1. The molecule has 1 saturated carbocycles. The highest BCUT2D eigenvalue weighted by atomic mass is 16.5. The third kappa shape index (κ3) is 3.55. The minimum absolute atomic E-state index is 0.0223. The molecule has 7 heteroatoms. The first-order chi connectivity index (χ1) is 14.2. The number of amides is 1. The molecule has 5 rings (SSSR count). The summed E-state index contributed by atoms with van der Waals surface area (Å²) < 4.78 is 11.2. The molecule has 7 nitrogen and oxygen atoms in total. The Morgan fingerprint density at radius 2 is 2.31 bits per heavy atom. The molecule has 29 heavy (non-hydrogen) atoms. The topological polar surface area (TPSA) is 76.6 Å². The molecule has 0 bridgehead atoms. The van der Waals surface area contributed by atoms with Crippen LogP contribution < -0.4 is 10.1 Å². The molecule has 152 valence electrons. The third-order valence-electron chi connectivity index (χ3n) is 6.21. The number of anilines is 1. The van der Waals surface area contributed by atoms with Crippen molar-refractivity contribution in [1.29, 1.82) is 0 Å². The summed E-state index contributed by atoms with van der Waals surface area (Å²) in [4.78, 5) is 24.4. The lowest BCUT2D eigenvalue weighted by atomic mass is 9.80. The van der Waals surface area contributed by atoms with Gasteiger partial charge in [-0.3, -0.25) is 4.79 Å². The summed E-state index contributed by atoms with van der Waals surface area (Å²) in [7, 11) is 1.61. The van der Waals surface area contributed by atoms with E-state index < -0.39 is 0 Å². The van der Waals surface area contributed by atoms with Crippen LogP contribution in [0.1, 0.15) is 40.9 Å². The zero-order chi connectivity index (χ0) is 19.8. The Labute approximate surface area is 170 Å². The molecule has 1 saturated heterocycles. The van der Waals surface area contributed by atoms with Gasteiger partial charge in [0.25, 0.3) is 5.91 Å². The Balaban J connectivity index is 1.38. The van der Waals surface area contributed by atoms with E-state index in [0.717, 1.165) is 30.1 Å². The summed E-state index contributed by atoms with van der Waals surface area (Å²) in [5, 5.41) is 3.38. The summed E-state index contributed by atoms with van der Waals surface area (Å²) in [5.74, 6) is 2.16. The number of benzene rings is 1. The van der Waals surface area contributed by atoms with E-state index in [4.69, 9.17) is 14.5 Å². The lowest BCUT2D eigenvalue weighted by Crippen LogP contribution is -2.41. The van der Waals surface area contributed by atoms with Crippen molar-refractivity contribution in [2.75, 3.05) is 38.7 Å². The molecule has 1 N–H and O–H groups in total. The van der Waals surface area contributed by atoms with Gasteiger partial charge in [0.15, 0.2) is 0 Å². The van der Waals surface area contributed by atoms with Crippen molar-refractivity contribution in [1.82, 2.24) is 14.9 Å². The van der Waals surface area contributed by atoms with Crippen molar-refractivity contribution in [3.8, 4) is 5.75 Å². The molecule has 1 unspecified atom stereocenters. The number of ether oxygens (including phenoxy) is 2. The van der Waals surface area contributed by atoms with E-state index in [-0.39, 0.29) is 11.3 Å². The minimum atomic E-state index is -0.263. The van der Waals surface area contributed by atoms with Crippen LogP contribution in [-0.2, 0) is 16.8 Å². The second-order valence-corrected chi connectivity index (χ2v) is 8.37. The molecule has 1 spiro atoms. The van der Waals surface area contributed by atoms with Crippen molar-refractivity contribution < 1.29 is 14.3 Å². The summed E-state index contributed by atoms with van der Waals surface area (Å²) in [6.07, 6.45) is 5.30. The van der Waals surface area contributed by atoms with E-state index in [0.29, 0.717) is 43.6 Å². The number of hydrogen-bond donors (Lipinski definition) is 1. The second-order valence-electron chi connectivity index (χ2n) is 8.37. The van der Waals surface area contributed by atoms with Crippen molar-refractivity contribution in [3.05, 3.63) is 47.3 Å². The Morgan fingerprint density at radius 1 is 1.41 bits per heavy atom. The van der Waals surface area contributed by atoms with Gasteiger partial charge in [0, 0.05) is 37.0 Å². The SMILES string of the molecule is COc1cccc(C(=O)N2CCC3(COCc4cnc(NCC5CC5)nc43)C2)c1. The van der Waals surface area contributed by atoms with Crippen LogP contribution in [0.2, 0.25) is 0 Å². The Bertz CT molecular complexity index is 930. The lowest BCUT2D eigenvalue weighted by Gasteiger charge is -2.34. The third-order valence-corrected chi connectivity index (χ3v) is 6.21. The number of nitrogens with zero attached hydrogens (tertiary/aromatic N) is 3. The Morgan fingerprint density at radius 3 is 3.14 bits per heavy atom. The van der Waals surface area contributed by atoms with E-state index in [1.54, 1.807) is 13.2 Å². The monoisotopic (exact) mass is 394 g/mol. The smallest absolute Gasteiger partial charge is 0.254 e. The molecule has 1 aromatic heterocycles. The van der Waals surface area contributed by atoms with Gasteiger partial charge in [-0.15, -0.1) is 0 Å². The zero-order valence-corrected chi connectivity index (χ0v) is 16.7. The van der Waals surface area contributed by atoms with Gasteiger partial charge in [0.2, 0.25) is 5.95 Å². The standard InChI is InChI=1S/C22H26N4O3/c1-28-18-4-2-3-16(9-18)20(27)26-8-7-22(13-26)14-29-12-17-11-24-21(25-19(17)22)23-10-15-5-6-15/h2-4,9,11,15H,5-8,10,12-14H2,1H3,(H,23,24,25). The van der Waals surface area contributed by atoms with Crippen molar-refractivity contribution in [2.24, 2.45) is 5.92 Å². The molecule has 1 atom stereocenters. The molecule has 1 aromatic carbocycles. The van der Waals surface area contributed by atoms with E-state index in [9.17, 15) is 4.79 Å². The molecular weight excluding hydrogens is 368 g/mol. The van der Waals surface area contributed by atoms with Crippen LogP contribution in [0.5, 0.6) is 5.75 Å². The number of rotatable bonds is 5. The maximum absolute atomic E-state index is 13.1. The second kappa shape index (κ2) is 7.30. The van der Waals surface area contributed by atoms with Gasteiger partial charge in [-0.05, 0) is 43.4 Å². The van der Waals surface area contributed by atoms with Crippen molar-refractivity contribution in [2.45, 2.75) is 31.3 Å². The van der Waals surface area contributed by atoms with Crippen LogP contribution in [0.15, 0.2) is 30.5 Å². The summed E-state index contributed by atoms with van der Waals surface area (Å²) >= 11 is 0. The summed E-state index contributed by atoms with van der Waals surface area (Å²) in [5.41, 5.74) is 2.45. The quantitative estimate of drug-likeness (QED) is 0.840. The van der Waals surface area contributed by atoms with E-state index in [1.807, 2.05) is 29.3 Å². The van der Waals surface area contributed by atoms with Gasteiger partial charge in [0.1, 0.15) is 5.75 Å². The van der Waals surface area contributed by atoms with Gasteiger partial charge in [0.05, 0.1) is 31.4 Å². The molecule has 2 aliphatic heterocycles. The van der Waals surface area contributed by atoms with E-state index in [2.05, 4.69) is 10.3 Å². The van der Waals surface area contributed by atoms with Gasteiger partial charge >= 0.3 is 0 Å². The fraction of sp³-hybridized carbons (Fsp3) is 0.500. The number of methoxy groups -OCH3 is 1. The number of fused-ring (bicyclic) bond motifs is 2. The minimum Gasteiger partial charge on any atom is -0.497 e. The van der Waals surface area contributed by atoms with Crippen LogP contribution >= 0.6 is 0 Å². The molecule has 1 amide bonds. The predicted molar refractivity (Wildman–Crippen MR) is 108 cm³/mol. The van der Waals surface area contributed by atoms with Crippen LogP contribution in [0.25, 0.3) is 0 Å². The van der Waals surface area contributed by atoms with Gasteiger partial charge < -0.3 is 19.7 Å². The highest BCUT2D eigenvalue weighted by Crippen LogP contribution is 2.40. The van der Waals surface area contributed by atoms with Crippen molar-refractivity contribution >= 4 is 11.9 Å². The lowest BCUT2D eigenvalue weighted by molar-refractivity contribution is 0.0485. The molecule has 0 radical (unpaired) electrons. The highest BCUT2D eigenvalue weighted by molar-refractivity contribution is 5.95. The van der Waals surface area contributed by atoms with E-state index >= 15 is 0 Å². The maximum Gasteiger partial charge on any atom is 0.254 e. The molecule has 2 aromatic rings. The van der Waals surface area contributed by atoms with Gasteiger partial charge in [-0.1, -0.05) is 6.07 Å². The fourth-order valence-electron chi connectivity index (χ4n) is 4.33. The zero-order valence-electron chi connectivity index (χ0n) is 16.7. The average molecular weight is 394 g/mol. The molecule has 1 aliphatic carbocycles. The number of hydrogen-bond acceptors (Lipinski definition) is 6. The highest BCUT2D eigenvalue weighted by Gasteiger charge is 2.46. The normalized spacial score (nSPS) is 23.1. The first-order valence-electron chi connectivity index (χ1n) is 10.3. The molecular formula is C22H26N4O3. The van der Waals surface area contributed by atoms with Crippen LogP contribution in [0, 0.1) is 5.92 Å². The molecule has 2 fully saturated rings. The van der Waals surface area contributed by atoms with Gasteiger partial charge in [-0.25, -0.2) is 9.97 Å². The molecule has 3 aliphatic rings. The largest absolute Gasteiger partial charge is 0.497 e. The average Bonchev–Trinajstić information content (AvgIpc) is 3.51. The Hall–Kier alpha value is -2.67. The molecule has 3 heterocycles. The van der Waals surface area contributed by atoms with Crippen LogP contribution in [-0.4, -0.2) is 54.1 Å². The number of aromatic nitrogens is 2. The first kappa shape index (κ1) is 18.4. The predicted octanol–water partition coefficient (Wildman–Crippen LogP) is 2.62. The number of likely N-dealkylation sites (tertiary alicyclic amines) is 1. The summed E-state index contributed by atoms with van der Waals surface area (Å²) in [6, 6.07) is 7.33. The first-order valence-corrected chi connectivity index (χ1v) is 10.3. The number of carbonyl (C=O) groups excluding carboxylic acids is 1. The fourth-order valence-corrected chi connectivity index (χ4v) is 4.33. The van der Waals surface area contributed by atoms with Crippen LogP contribution in [0.3, 0.4) is 0 Å². The summed E-state index contributed by atoms with van der Waals surface area (Å²) in [6.45, 7) is 3.34. The van der Waals surface area contributed by atoms with E-state index in [1.165, 1.54) is 12.8 Å². The number of carbonyl (C=O) groups is 1.